The minimum absolute atomic E-state index is 0.0468. The summed E-state index contributed by atoms with van der Waals surface area (Å²) in [5, 5.41) is 13.2. The van der Waals surface area contributed by atoms with E-state index in [1.807, 2.05) is 38.1 Å². The first-order valence-electron chi connectivity index (χ1n) is 10.9. The topological polar surface area (TPSA) is 95.5 Å². The van der Waals surface area contributed by atoms with Gasteiger partial charge in [-0.05, 0) is 54.0 Å². The van der Waals surface area contributed by atoms with Crippen LogP contribution in [0, 0.1) is 12.8 Å². The summed E-state index contributed by atoms with van der Waals surface area (Å²) in [7, 11) is -3.35. The Hall–Kier alpha value is -2.38. The van der Waals surface area contributed by atoms with Gasteiger partial charge in [0.1, 0.15) is 0 Å². The van der Waals surface area contributed by atoms with Crippen LogP contribution >= 0.6 is 0 Å². The number of nitrogens with one attached hydrogen (secondary N) is 2. The number of hydrogen-bond acceptors (Lipinski definition) is 4. The van der Waals surface area contributed by atoms with E-state index in [0.717, 1.165) is 22.9 Å². The van der Waals surface area contributed by atoms with E-state index in [-0.39, 0.29) is 29.9 Å². The maximum atomic E-state index is 13.0. The van der Waals surface area contributed by atoms with Crippen molar-refractivity contribution >= 4 is 21.6 Å². The highest BCUT2D eigenvalue weighted by Gasteiger charge is 2.59. The van der Waals surface area contributed by atoms with Gasteiger partial charge < -0.3 is 10.4 Å². The SMILES string of the molecule is Cc1cc([C@@H](C)NC(=O)C2CC2(CO)c2ccc(C(C)(C)C)cc2)ccc1NS(C)(=O)=O. The summed E-state index contributed by atoms with van der Waals surface area (Å²) in [6.45, 7) is 10.1. The van der Waals surface area contributed by atoms with E-state index in [0.29, 0.717) is 12.1 Å². The zero-order valence-corrected chi connectivity index (χ0v) is 20.5. The summed E-state index contributed by atoms with van der Waals surface area (Å²) < 4.78 is 25.5. The number of carbonyl (C=O) groups excluding carboxylic acids is 1. The van der Waals surface area contributed by atoms with Gasteiger partial charge in [-0.15, -0.1) is 0 Å². The van der Waals surface area contributed by atoms with E-state index < -0.39 is 15.4 Å². The van der Waals surface area contributed by atoms with Gasteiger partial charge in [0.25, 0.3) is 0 Å². The molecule has 1 saturated carbocycles. The molecule has 2 unspecified atom stereocenters. The zero-order valence-electron chi connectivity index (χ0n) is 19.7. The fourth-order valence-corrected chi connectivity index (χ4v) is 4.83. The number of amides is 1. The number of carbonyl (C=O) groups is 1. The Balaban J connectivity index is 1.70. The second-order valence-electron chi connectivity index (χ2n) is 10.1. The Morgan fingerprint density at radius 2 is 1.81 bits per heavy atom. The van der Waals surface area contributed by atoms with Gasteiger partial charge in [-0.1, -0.05) is 57.2 Å². The van der Waals surface area contributed by atoms with E-state index >= 15 is 0 Å². The Labute approximate surface area is 191 Å². The molecule has 0 spiro atoms. The molecule has 1 fully saturated rings. The molecule has 6 nitrogen and oxygen atoms in total. The molecule has 0 heterocycles. The van der Waals surface area contributed by atoms with E-state index in [9.17, 15) is 18.3 Å². The van der Waals surface area contributed by atoms with Crippen molar-refractivity contribution in [1.29, 1.82) is 0 Å². The summed E-state index contributed by atoms with van der Waals surface area (Å²) in [4.78, 5) is 13.0. The highest BCUT2D eigenvalue weighted by molar-refractivity contribution is 7.92. The van der Waals surface area contributed by atoms with Crippen LogP contribution in [0.1, 0.15) is 62.4 Å². The number of aliphatic hydroxyl groups is 1. The molecule has 0 bridgehead atoms. The maximum Gasteiger partial charge on any atom is 0.229 e. The van der Waals surface area contributed by atoms with Gasteiger partial charge in [0.15, 0.2) is 0 Å². The number of rotatable bonds is 7. The van der Waals surface area contributed by atoms with Crippen molar-refractivity contribution in [2.75, 3.05) is 17.6 Å². The third kappa shape index (κ3) is 5.15. The van der Waals surface area contributed by atoms with Crippen molar-refractivity contribution in [3.63, 3.8) is 0 Å². The van der Waals surface area contributed by atoms with Gasteiger partial charge >= 0.3 is 0 Å². The molecule has 0 aromatic heterocycles. The smallest absolute Gasteiger partial charge is 0.229 e. The minimum Gasteiger partial charge on any atom is -0.395 e. The second-order valence-corrected chi connectivity index (χ2v) is 11.8. The summed E-state index contributed by atoms with van der Waals surface area (Å²) >= 11 is 0. The Morgan fingerprint density at radius 1 is 1.19 bits per heavy atom. The molecule has 0 radical (unpaired) electrons. The first-order valence-corrected chi connectivity index (χ1v) is 12.8. The average Bonchev–Trinajstić information content (AvgIpc) is 3.44. The highest BCUT2D eigenvalue weighted by atomic mass is 32.2. The van der Waals surface area contributed by atoms with Crippen LogP contribution in [0.25, 0.3) is 0 Å². The third-order valence-corrected chi connectivity index (χ3v) is 7.00. The number of hydrogen-bond donors (Lipinski definition) is 3. The van der Waals surface area contributed by atoms with Crippen LogP contribution in [0.3, 0.4) is 0 Å². The van der Waals surface area contributed by atoms with Gasteiger partial charge in [-0.2, -0.15) is 0 Å². The molecule has 0 saturated heterocycles. The summed E-state index contributed by atoms with van der Waals surface area (Å²) in [5.74, 6) is -0.356. The Morgan fingerprint density at radius 3 is 2.31 bits per heavy atom. The van der Waals surface area contributed by atoms with Crippen LogP contribution in [-0.2, 0) is 25.6 Å². The van der Waals surface area contributed by atoms with Crippen molar-refractivity contribution < 1.29 is 18.3 Å². The molecule has 1 aliphatic rings. The van der Waals surface area contributed by atoms with Gasteiger partial charge in [0.05, 0.1) is 30.5 Å². The van der Waals surface area contributed by atoms with Gasteiger partial charge in [-0.3, -0.25) is 9.52 Å². The average molecular weight is 459 g/mol. The first kappa shape index (κ1) is 24.3. The Bertz CT molecular complexity index is 1100. The van der Waals surface area contributed by atoms with Crippen LogP contribution in [-0.4, -0.2) is 32.3 Å². The van der Waals surface area contributed by atoms with Crippen molar-refractivity contribution in [3.05, 3.63) is 64.7 Å². The molecule has 3 atom stereocenters. The van der Waals surface area contributed by atoms with Crippen molar-refractivity contribution in [2.45, 2.75) is 57.9 Å². The molecule has 3 rings (SSSR count). The van der Waals surface area contributed by atoms with Crippen LogP contribution in [0.5, 0.6) is 0 Å². The molecule has 0 aliphatic heterocycles. The molecule has 32 heavy (non-hydrogen) atoms. The molecular formula is C25H34N2O4S. The largest absolute Gasteiger partial charge is 0.395 e. The second kappa shape index (κ2) is 8.52. The molecule has 1 aliphatic carbocycles. The number of anilines is 1. The van der Waals surface area contributed by atoms with Crippen molar-refractivity contribution in [2.24, 2.45) is 5.92 Å². The fraction of sp³-hybridized carbons (Fsp3) is 0.480. The quantitative estimate of drug-likeness (QED) is 0.588. The molecular weight excluding hydrogens is 424 g/mol. The van der Waals surface area contributed by atoms with E-state index in [4.69, 9.17) is 0 Å². The van der Waals surface area contributed by atoms with Gasteiger partial charge in [0, 0.05) is 5.41 Å². The lowest BCUT2D eigenvalue weighted by atomic mass is 9.84. The van der Waals surface area contributed by atoms with Gasteiger partial charge in [-0.25, -0.2) is 8.42 Å². The predicted octanol–water partition coefficient (Wildman–Crippen LogP) is 3.79. The molecule has 7 heteroatoms. The van der Waals surface area contributed by atoms with E-state index in [1.165, 1.54) is 5.56 Å². The minimum atomic E-state index is -3.35. The lowest BCUT2D eigenvalue weighted by Gasteiger charge is -2.22. The summed E-state index contributed by atoms with van der Waals surface area (Å²) in [6, 6.07) is 13.4. The van der Waals surface area contributed by atoms with Gasteiger partial charge in [0.2, 0.25) is 15.9 Å². The summed E-state index contributed by atoms with van der Waals surface area (Å²) in [5.41, 5.74) is 3.92. The van der Waals surface area contributed by atoms with Crippen molar-refractivity contribution in [1.82, 2.24) is 5.32 Å². The van der Waals surface area contributed by atoms with Crippen LogP contribution in [0.2, 0.25) is 0 Å². The first-order chi connectivity index (χ1) is 14.8. The van der Waals surface area contributed by atoms with Crippen LogP contribution in [0.15, 0.2) is 42.5 Å². The van der Waals surface area contributed by atoms with Crippen molar-refractivity contribution in [3.8, 4) is 0 Å². The van der Waals surface area contributed by atoms with Crippen LogP contribution < -0.4 is 10.0 Å². The third-order valence-electron chi connectivity index (χ3n) is 6.40. The molecule has 1 amide bonds. The van der Waals surface area contributed by atoms with Crippen LogP contribution in [0.4, 0.5) is 5.69 Å². The fourth-order valence-electron chi connectivity index (χ4n) is 4.20. The molecule has 2 aromatic carbocycles. The monoisotopic (exact) mass is 458 g/mol. The normalized spacial score (nSPS) is 21.7. The molecule has 174 valence electrons. The predicted molar refractivity (Wildman–Crippen MR) is 128 cm³/mol. The molecule has 3 N–H and O–H groups in total. The zero-order chi connectivity index (χ0) is 23.9. The maximum absolute atomic E-state index is 13.0. The van der Waals surface area contributed by atoms with E-state index in [1.54, 1.807) is 6.07 Å². The summed E-state index contributed by atoms with van der Waals surface area (Å²) in [6.07, 6.45) is 1.73. The number of sulfonamides is 1. The number of aryl methyl sites for hydroxylation is 1. The lowest BCUT2D eigenvalue weighted by Crippen LogP contribution is -2.32. The van der Waals surface area contributed by atoms with E-state index in [2.05, 4.69) is 42.9 Å². The Kier molecular flexibility index (Phi) is 6.46. The number of benzene rings is 2. The molecule has 2 aromatic rings. The standard InChI is InChI=1S/C25H34N2O4S/c1-16-13-18(7-12-22(16)27-32(6,30)31)17(2)26-23(29)21-14-25(21,15-28)20-10-8-19(9-11-20)24(3,4)5/h7-13,17,21,27-28H,14-15H2,1-6H3,(H,26,29)/t17-,21?,25?/m1/s1. The number of aliphatic hydroxyl groups excluding tert-OH is 1. The highest BCUT2D eigenvalue weighted by Crippen LogP contribution is 2.54. The lowest BCUT2D eigenvalue weighted by molar-refractivity contribution is -0.123.